The highest BCUT2D eigenvalue weighted by atomic mass is 35.5. The van der Waals surface area contributed by atoms with Crippen molar-refractivity contribution >= 4 is 34.3 Å². The Balaban J connectivity index is 1.46. The number of carbonyl (C=O) groups is 2. The average molecular weight is 551 g/mol. The van der Waals surface area contributed by atoms with Crippen molar-refractivity contribution in [3.05, 3.63) is 106 Å². The highest BCUT2D eigenvalue weighted by molar-refractivity contribution is 6.38. The number of halogens is 1. The Morgan fingerprint density at radius 3 is 2.42 bits per heavy atom. The lowest BCUT2D eigenvalue weighted by Crippen LogP contribution is -2.54. The fraction of sp³-hybridized carbons (Fsp3) is 0.167. The van der Waals surface area contributed by atoms with Gasteiger partial charge in [0.2, 0.25) is 11.7 Å². The Morgan fingerprint density at radius 2 is 1.77 bits per heavy atom. The summed E-state index contributed by atoms with van der Waals surface area (Å²) in [6.45, 7) is 1.88. The summed E-state index contributed by atoms with van der Waals surface area (Å²) in [7, 11) is 0. The molecule has 0 atom stereocenters. The number of nitriles is 1. The van der Waals surface area contributed by atoms with Crippen LogP contribution in [0.2, 0.25) is 5.02 Å². The normalized spacial score (nSPS) is 13.5. The maximum Gasteiger partial charge on any atom is 0.267 e. The van der Waals surface area contributed by atoms with Gasteiger partial charge in [0, 0.05) is 17.9 Å². The summed E-state index contributed by atoms with van der Waals surface area (Å²) >= 11 is 6.90. The molecule has 1 fully saturated rings. The highest BCUT2D eigenvalue weighted by Crippen LogP contribution is 2.41. The first kappa shape index (κ1) is 25.3. The van der Waals surface area contributed by atoms with Gasteiger partial charge >= 0.3 is 0 Å². The molecule has 198 valence electrons. The third kappa shape index (κ3) is 4.48. The summed E-state index contributed by atoms with van der Waals surface area (Å²) in [6.07, 6.45) is 0.950. The summed E-state index contributed by atoms with van der Waals surface area (Å²) in [5.74, 6) is -0.0789. The average Bonchev–Trinajstić information content (AvgIpc) is 3.55. The number of hydrogen-bond acceptors (Lipinski definition) is 6. The first-order valence-corrected chi connectivity index (χ1v) is 13.1. The van der Waals surface area contributed by atoms with Crippen LogP contribution < -0.4 is 10.3 Å². The molecule has 40 heavy (non-hydrogen) atoms. The molecule has 0 bridgehead atoms. The third-order valence-corrected chi connectivity index (χ3v) is 7.35. The Kier molecular flexibility index (Phi) is 6.33. The van der Waals surface area contributed by atoms with E-state index >= 15 is 0 Å². The minimum atomic E-state index is -1.11. The van der Waals surface area contributed by atoms with Gasteiger partial charge in [0.05, 0.1) is 28.7 Å². The molecule has 0 unspecified atom stereocenters. The van der Waals surface area contributed by atoms with Crippen molar-refractivity contribution in [3.8, 4) is 17.6 Å². The van der Waals surface area contributed by atoms with E-state index in [0.717, 1.165) is 10.9 Å². The van der Waals surface area contributed by atoms with E-state index < -0.39 is 5.54 Å². The predicted octanol–water partition coefficient (Wildman–Crippen LogP) is 5.15. The number of amides is 2. The molecule has 1 saturated carbocycles. The van der Waals surface area contributed by atoms with E-state index in [0.29, 0.717) is 46.1 Å². The van der Waals surface area contributed by atoms with E-state index in [1.54, 1.807) is 40.9 Å². The number of rotatable bonds is 7. The zero-order chi connectivity index (χ0) is 27.9. The van der Waals surface area contributed by atoms with Crippen LogP contribution in [0.3, 0.4) is 0 Å². The number of nitrogens with zero attached hydrogens (tertiary/aromatic N) is 5. The molecule has 1 N–H and O–H groups in total. The minimum Gasteiger partial charge on any atom is -0.339 e. The van der Waals surface area contributed by atoms with Gasteiger partial charge in [-0.3, -0.25) is 9.59 Å². The van der Waals surface area contributed by atoms with Crippen molar-refractivity contribution < 1.29 is 14.1 Å². The largest absolute Gasteiger partial charge is 0.339 e. The van der Waals surface area contributed by atoms with Gasteiger partial charge in [-0.15, -0.1) is 0 Å². The van der Waals surface area contributed by atoms with Crippen LogP contribution in [0.4, 0.5) is 0 Å². The number of benzene rings is 3. The Bertz CT molecular complexity index is 1780. The van der Waals surface area contributed by atoms with E-state index in [1.165, 1.54) is 0 Å². The van der Waals surface area contributed by atoms with Gasteiger partial charge in [-0.05, 0) is 48.7 Å². The smallest absolute Gasteiger partial charge is 0.267 e. The second-order valence-corrected chi connectivity index (χ2v) is 10.1. The molecule has 0 spiro atoms. The van der Waals surface area contributed by atoms with Crippen LogP contribution in [0.25, 0.3) is 22.4 Å². The van der Waals surface area contributed by atoms with Gasteiger partial charge in [0.15, 0.2) is 0 Å². The molecule has 3 aromatic carbocycles. The van der Waals surface area contributed by atoms with Crippen molar-refractivity contribution in [2.24, 2.45) is 0 Å². The van der Waals surface area contributed by atoms with Crippen molar-refractivity contribution in [3.63, 3.8) is 0 Å². The molecule has 0 radical (unpaired) electrons. The molecule has 2 amide bonds. The third-order valence-electron chi connectivity index (χ3n) is 6.97. The highest BCUT2D eigenvalue weighted by Gasteiger charge is 2.54. The van der Waals surface area contributed by atoms with Crippen LogP contribution in [-0.2, 0) is 11.3 Å². The molecule has 0 aliphatic heterocycles. The number of aryl methyl sites for hydroxylation is 1. The number of aromatic nitrogens is 3. The van der Waals surface area contributed by atoms with Crippen molar-refractivity contribution in [2.75, 3.05) is 5.01 Å². The van der Waals surface area contributed by atoms with Gasteiger partial charge in [0.1, 0.15) is 11.2 Å². The lowest BCUT2D eigenvalue weighted by Gasteiger charge is -2.30. The van der Waals surface area contributed by atoms with E-state index in [1.807, 2.05) is 60.7 Å². The molecular formula is C30H23ClN6O3. The van der Waals surface area contributed by atoms with Crippen LogP contribution in [0.5, 0.6) is 0 Å². The predicted molar refractivity (Wildman–Crippen MR) is 149 cm³/mol. The molecule has 10 heteroatoms. The molecule has 2 aromatic heterocycles. The number of nitrogens with one attached hydrogen (secondary N) is 1. The van der Waals surface area contributed by atoms with Gasteiger partial charge < -0.3 is 9.84 Å². The Hall–Kier alpha value is -4.94. The number of hydrogen-bond donors (Lipinski definition) is 1. The van der Waals surface area contributed by atoms with Gasteiger partial charge in [-0.25, -0.2) is 9.69 Å². The molecule has 1 aliphatic carbocycles. The minimum absolute atomic E-state index is 0.201. The van der Waals surface area contributed by atoms with Gasteiger partial charge in [-0.2, -0.15) is 10.2 Å². The Labute approximate surface area is 234 Å². The molecule has 6 rings (SSSR count). The fourth-order valence-corrected chi connectivity index (χ4v) is 5.09. The van der Waals surface area contributed by atoms with Crippen molar-refractivity contribution in [1.82, 2.24) is 20.1 Å². The number of carbonyl (C=O) groups excluding carboxylic acids is 2. The first-order valence-electron chi connectivity index (χ1n) is 12.7. The molecule has 2 heterocycles. The standard InChI is InChI=1S/C30H23ClN6O3/c1-19-33-27(35-40-19)26-25(31)23-9-5-6-10-24(23)37(26)36(18-21-7-3-2-4-8-21)29(39)30(15-16-30)34-28(38)22-13-11-20(17-32)12-14-22/h2-14H,15-16,18H2,1H3,(H,34,38). The number of para-hydroxylation sites is 1. The van der Waals surface area contributed by atoms with E-state index in [4.69, 9.17) is 21.4 Å². The Morgan fingerprint density at radius 1 is 1.07 bits per heavy atom. The maximum absolute atomic E-state index is 14.5. The van der Waals surface area contributed by atoms with E-state index in [-0.39, 0.29) is 24.2 Å². The zero-order valence-corrected chi connectivity index (χ0v) is 22.2. The van der Waals surface area contributed by atoms with Crippen LogP contribution >= 0.6 is 11.6 Å². The van der Waals surface area contributed by atoms with E-state index in [9.17, 15) is 9.59 Å². The quantitative estimate of drug-likeness (QED) is 0.299. The molecule has 0 saturated heterocycles. The van der Waals surface area contributed by atoms with Crippen molar-refractivity contribution in [1.29, 1.82) is 5.26 Å². The van der Waals surface area contributed by atoms with Crippen LogP contribution in [0.1, 0.15) is 40.2 Å². The van der Waals surface area contributed by atoms with Crippen LogP contribution in [0.15, 0.2) is 83.4 Å². The van der Waals surface area contributed by atoms with Crippen LogP contribution in [-0.4, -0.2) is 32.2 Å². The topological polar surface area (TPSA) is 117 Å². The molecular weight excluding hydrogens is 528 g/mol. The second-order valence-electron chi connectivity index (χ2n) is 9.70. The summed E-state index contributed by atoms with van der Waals surface area (Å²) in [4.78, 5) is 32.1. The number of fused-ring (bicyclic) bond motifs is 1. The second kappa shape index (κ2) is 9.98. The first-order chi connectivity index (χ1) is 19.4. The SMILES string of the molecule is Cc1nc(-c2c(Cl)c3ccccc3n2N(Cc2ccccc2)C(=O)C2(NC(=O)c3ccc(C#N)cc3)CC2)no1. The maximum atomic E-state index is 14.5. The summed E-state index contributed by atoms with van der Waals surface area (Å²) < 4.78 is 6.99. The molecule has 1 aliphatic rings. The lowest BCUT2D eigenvalue weighted by molar-refractivity contribution is -0.123. The fourth-order valence-electron chi connectivity index (χ4n) is 4.76. The summed E-state index contributed by atoms with van der Waals surface area (Å²) in [5, 5.41) is 18.9. The molecule has 9 nitrogen and oxygen atoms in total. The lowest BCUT2D eigenvalue weighted by atomic mass is 10.1. The van der Waals surface area contributed by atoms with Gasteiger partial charge in [-0.1, -0.05) is 65.3 Å². The monoisotopic (exact) mass is 550 g/mol. The van der Waals surface area contributed by atoms with Gasteiger partial charge in [0.25, 0.3) is 11.8 Å². The van der Waals surface area contributed by atoms with E-state index in [2.05, 4.69) is 15.5 Å². The molecule has 5 aromatic rings. The van der Waals surface area contributed by atoms with Crippen molar-refractivity contribution in [2.45, 2.75) is 31.8 Å². The summed E-state index contributed by atoms with van der Waals surface area (Å²) in [6, 6.07) is 25.4. The summed E-state index contributed by atoms with van der Waals surface area (Å²) in [5.41, 5.74) is 1.69. The zero-order valence-electron chi connectivity index (χ0n) is 21.5. The van der Waals surface area contributed by atoms with Crippen LogP contribution in [0, 0.1) is 18.3 Å².